The van der Waals surface area contributed by atoms with Gasteiger partial charge in [-0.2, -0.15) is 0 Å². The highest BCUT2D eigenvalue weighted by atomic mass is 35.5. The Labute approximate surface area is 138 Å². The molecule has 116 valence electrons. The largest absolute Gasteiger partial charge is 0.482 e. The molecular weight excluding hydrogens is 328 g/mol. The third kappa shape index (κ3) is 4.90. The Morgan fingerprint density at radius 1 is 1.18 bits per heavy atom. The number of rotatable bonds is 6. The summed E-state index contributed by atoms with van der Waals surface area (Å²) in [7, 11) is 0. The van der Waals surface area contributed by atoms with Crippen molar-refractivity contribution in [3.8, 4) is 5.75 Å². The van der Waals surface area contributed by atoms with Gasteiger partial charge in [-0.15, -0.1) is 0 Å². The smallest absolute Gasteiger partial charge is 0.257 e. The zero-order valence-corrected chi connectivity index (χ0v) is 13.1. The Hall–Kier alpha value is -1.78. The second-order valence-electron chi connectivity index (χ2n) is 4.55. The third-order valence-electron chi connectivity index (χ3n) is 2.93. The van der Waals surface area contributed by atoms with Gasteiger partial charge in [-0.25, -0.2) is 4.39 Å². The molecule has 2 rings (SSSR count). The van der Waals surface area contributed by atoms with Crippen LogP contribution < -0.4 is 10.1 Å². The van der Waals surface area contributed by atoms with Crippen LogP contribution in [0.1, 0.15) is 5.56 Å². The molecule has 0 heterocycles. The molecule has 0 bridgehead atoms. The van der Waals surface area contributed by atoms with Crippen LogP contribution >= 0.6 is 23.2 Å². The van der Waals surface area contributed by atoms with Gasteiger partial charge in [0, 0.05) is 17.6 Å². The van der Waals surface area contributed by atoms with E-state index in [1.54, 1.807) is 30.3 Å². The zero-order valence-electron chi connectivity index (χ0n) is 11.6. The van der Waals surface area contributed by atoms with Crippen LogP contribution in [-0.2, 0) is 11.2 Å². The van der Waals surface area contributed by atoms with Gasteiger partial charge in [-0.1, -0.05) is 41.4 Å². The summed E-state index contributed by atoms with van der Waals surface area (Å²) in [5.41, 5.74) is 0.557. The van der Waals surface area contributed by atoms with E-state index < -0.39 is 0 Å². The molecule has 6 heteroatoms. The van der Waals surface area contributed by atoms with E-state index in [-0.39, 0.29) is 18.3 Å². The van der Waals surface area contributed by atoms with Crippen LogP contribution in [0.3, 0.4) is 0 Å². The molecule has 0 radical (unpaired) electrons. The number of nitrogens with one attached hydrogen (secondary N) is 1. The Morgan fingerprint density at radius 3 is 2.73 bits per heavy atom. The van der Waals surface area contributed by atoms with Crippen molar-refractivity contribution in [3.05, 3.63) is 63.9 Å². The van der Waals surface area contributed by atoms with Crippen LogP contribution in [0.25, 0.3) is 0 Å². The zero-order chi connectivity index (χ0) is 15.9. The lowest BCUT2D eigenvalue weighted by molar-refractivity contribution is -0.123. The van der Waals surface area contributed by atoms with Crippen LogP contribution in [-0.4, -0.2) is 19.1 Å². The van der Waals surface area contributed by atoms with Crippen LogP contribution in [0.5, 0.6) is 5.75 Å². The number of ether oxygens (including phenoxy) is 1. The molecule has 2 aromatic carbocycles. The predicted molar refractivity (Wildman–Crippen MR) is 85.1 cm³/mol. The van der Waals surface area contributed by atoms with Gasteiger partial charge in [-0.3, -0.25) is 4.79 Å². The molecule has 0 unspecified atom stereocenters. The van der Waals surface area contributed by atoms with Crippen molar-refractivity contribution in [1.29, 1.82) is 0 Å². The minimum atomic E-state index is -0.313. The van der Waals surface area contributed by atoms with Gasteiger partial charge in [0.05, 0.1) is 5.02 Å². The number of carbonyl (C=O) groups excluding carboxylic acids is 1. The van der Waals surface area contributed by atoms with E-state index in [9.17, 15) is 9.18 Å². The molecule has 1 amide bonds. The van der Waals surface area contributed by atoms with Crippen LogP contribution in [0.15, 0.2) is 42.5 Å². The van der Waals surface area contributed by atoms with Crippen molar-refractivity contribution < 1.29 is 13.9 Å². The topological polar surface area (TPSA) is 38.3 Å². The molecule has 0 atom stereocenters. The normalized spacial score (nSPS) is 10.3. The van der Waals surface area contributed by atoms with E-state index in [2.05, 4.69) is 5.32 Å². The van der Waals surface area contributed by atoms with Crippen molar-refractivity contribution in [2.75, 3.05) is 13.2 Å². The van der Waals surface area contributed by atoms with E-state index in [1.807, 2.05) is 0 Å². The standard InChI is InChI=1S/C16H14Cl2FNO2/c17-12-5-6-13(18)15(9-12)22-10-16(21)20-8-7-11-3-1-2-4-14(11)19/h1-6,9H,7-8,10H2,(H,20,21). The molecule has 0 aliphatic rings. The van der Waals surface area contributed by atoms with E-state index >= 15 is 0 Å². The fourth-order valence-electron chi connectivity index (χ4n) is 1.82. The fraction of sp³-hybridized carbons (Fsp3) is 0.188. The molecule has 2 aromatic rings. The Bertz CT molecular complexity index is 664. The van der Waals surface area contributed by atoms with E-state index in [0.29, 0.717) is 34.3 Å². The molecular formula is C16H14Cl2FNO2. The monoisotopic (exact) mass is 341 g/mol. The Kier molecular flexibility index (Phi) is 6.04. The van der Waals surface area contributed by atoms with Gasteiger partial charge < -0.3 is 10.1 Å². The summed E-state index contributed by atoms with van der Waals surface area (Å²) in [6.07, 6.45) is 0.413. The molecule has 0 aliphatic carbocycles. The highest BCUT2D eigenvalue weighted by Gasteiger charge is 2.07. The van der Waals surface area contributed by atoms with Crippen molar-refractivity contribution in [1.82, 2.24) is 5.32 Å². The first-order valence-corrected chi connectivity index (χ1v) is 7.40. The molecule has 0 aliphatic heterocycles. The van der Waals surface area contributed by atoms with Crippen molar-refractivity contribution in [2.24, 2.45) is 0 Å². The summed E-state index contributed by atoms with van der Waals surface area (Å²) >= 11 is 11.7. The van der Waals surface area contributed by atoms with Crippen LogP contribution in [0.2, 0.25) is 10.0 Å². The molecule has 0 spiro atoms. The number of halogens is 3. The van der Waals surface area contributed by atoms with Crippen LogP contribution in [0.4, 0.5) is 4.39 Å². The number of benzene rings is 2. The van der Waals surface area contributed by atoms with Crippen LogP contribution in [0, 0.1) is 5.82 Å². The quantitative estimate of drug-likeness (QED) is 0.866. The van der Waals surface area contributed by atoms with Gasteiger partial charge in [0.15, 0.2) is 6.61 Å². The van der Waals surface area contributed by atoms with E-state index in [1.165, 1.54) is 12.1 Å². The maximum Gasteiger partial charge on any atom is 0.257 e. The number of amides is 1. The molecule has 1 N–H and O–H groups in total. The van der Waals surface area contributed by atoms with Gasteiger partial charge in [0.25, 0.3) is 5.91 Å². The summed E-state index contributed by atoms with van der Waals surface area (Å²) < 4.78 is 18.7. The second kappa shape index (κ2) is 8.01. The first-order valence-electron chi connectivity index (χ1n) is 6.64. The Morgan fingerprint density at radius 2 is 1.95 bits per heavy atom. The summed E-state index contributed by atoms with van der Waals surface area (Å²) in [6, 6.07) is 11.2. The second-order valence-corrected chi connectivity index (χ2v) is 5.40. The van der Waals surface area contributed by atoms with Gasteiger partial charge in [0.1, 0.15) is 11.6 Å². The average molecular weight is 342 g/mol. The van der Waals surface area contributed by atoms with Gasteiger partial charge >= 0.3 is 0 Å². The lowest BCUT2D eigenvalue weighted by Gasteiger charge is -2.09. The first-order chi connectivity index (χ1) is 10.6. The van der Waals surface area contributed by atoms with Gasteiger partial charge in [0.2, 0.25) is 0 Å². The molecule has 0 aromatic heterocycles. The maximum atomic E-state index is 13.4. The lowest BCUT2D eigenvalue weighted by Crippen LogP contribution is -2.30. The summed E-state index contributed by atoms with van der Waals surface area (Å²) in [4.78, 5) is 11.7. The number of hydrogen-bond donors (Lipinski definition) is 1. The Balaban J connectivity index is 1.76. The highest BCUT2D eigenvalue weighted by molar-refractivity contribution is 6.34. The number of hydrogen-bond acceptors (Lipinski definition) is 2. The summed E-state index contributed by atoms with van der Waals surface area (Å²) in [5, 5.41) is 3.51. The van der Waals surface area contributed by atoms with E-state index in [0.717, 1.165) is 0 Å². The average Bonchev–Trinajstić information content (AvgIpc) is 2.50. The molecule has 0 saturated carbocycles. The summed E-state index contributed by atoms with van der Waals surface area (Å²) in [5.74, 6) is -0.246. The molecule has 22 heavy (non-hydrogen) atoms. The highest BCUT2D eigenvalue weighted by Crippen LogP contribution is 2.27. The molecule has 0 fully saturated rings. The van der Waals surface area contributed by atoms with Crippen molar-refractivity contribution >= 4 is 29.1 Å². The first kappa shape index (κ1) is 16.6. The SMILES string of the molecule is O=C(COc1cc(Cl)ccc1Cl)NCCc1ccccc1F. The lowest BCUT2D eigenvalue weighted by atomic mass is 10.1. The maximum absolute atomic E-state index is 13.4. The van der Waals surface area contributed by atoms with Crippen molar-refractivity contribution in [3.63, 3.8) is 0 Å². The van der Waals surface area contributed by atoms with E-state index in [4.69, 9.17) is 27.9 Å². The van der Waals surface area contributed by atoms with Gasteiger partial charge in [-0.05, 0) is 30.2 Å². The molecule has 0 saturated heterocycles. The third-order valence-corrected chi connectivity index (χ3v) is 3.47. The predicted octanol–water partition coefficient (Wildman–Crippen LogP) is 3.87. The molecule has 3 nitrogen and oxygen atoms in total. The number of carbonyl (C=O) groups is 1. The van der Waals surface area contributed by atoms with Crippen molar-refractivity contribution in [2.45, 2.75) is 6.42 Å². The minimum Gasteiger partial charge on any atom is -0.482 e. The summed E-state index contributed by atoms with van der Waals surface area (Å²) in [6.45, 7) is 0.143. The fourth-order valence-corrected chi connectivity index (χ4v) is 2.15. The minimum absolute atomic E-state index is 0.183.